The predicted molar refractivity (Wildman–Crippen MR) is 86.8 cm³/mol. The van der Waals surface area contributed by atoms with Crippen molar-refractivity contribution >= 4 is 28.2 Å². The van der Waals surface area contributed by atoms with E-state index in [1.807, 2.05) is 4.90 Å². The Hall–Kier alpha value is -1.30. The van der Waals surface area contributed by atoms with Crippen LogP contribution >= 0.6 is 11.3 Å². The van der Waals surface area contributed by atoms with Crippen molar-refractivity contribution in [3.8, 4) is 0 Å². The Labute approximate surface area is 129 Å². The van der Waals surface area contributed by atoms with Crippen molar-refractivity contribution in [2.75, 3.05) is 17.6 Å². The number of rotatable bonds is 3. The number of nitrogen functional groups attached to an aromatic ring is 1. The maximum atomic E-state index is 12.8. The molecular weight excluding hydrogens is 284 g/mol. The van der Waals surface area contributed by atoms with Gasteiger partial charge in [0, 0.05) is 18.6 Å². The van der Waals surface area contributed by atoms with Crippen LogP contribution in [0.25, 0.3) is 0 Å². The minimum atomic E-state index is 0.0565. The van der Waals surface area contributed by atoms with Gasteiger partial charge >= 0.3 is 0 Å². The first-order chi connectivity index (χ1) is 10.1. The number of nitrogens with zero attached hydrogens (tertiary/aromatic N) is 2. The third kappa shape index (κ3) is 3.15. The third-order valence-electron chi connectivity index (χ3n) is 4.59. The molecule has 1 aromatic rings. The zero-order valence-corrected chi connectivity index (χ0v) is 13.4. The van der Waals surface area contributed by atoms with Crippen molar-refractivity contribution in [1.82, 2.24) is 9.88 Å². The molecule has 1 unspecified atom stereocenters. The Kier molecular flexibility index (Phi) is 4.33. The molecule has 1 amide bonds. The average molecular weight is 308 g/mol. The van der Waals surface area contributed by atoms with E-state index < -0.39 is 0 Å². The lowest BCUT2D eigenvalue weighted by Gasteiger charge is -2.26. The van der Waals surface area contributed by atoms with Crippen molar-refractivity contribution in [2.24, 2.45) is 0 Å². The van der Waals surface area contributed by atoms with Crippen molar-refractivity contribution < 1.29 is 4.79 Å². The van der Waals surface area contributed by atoms with E-state index in [0.717, 1.165) is 24.5 Å². The number of aromatic nitrogens is 1. The van der Waals surface area contributed by atoms with Crippen LogP contribution in [-0.2, 0) is 0 Å². The molecule has 21 heavy (non-hydrogen) atoms. The second-order valence-electron chi connectivity index (χ2n) is 6.20. The molecule has 1 aromatic heterocycles. The molecule has 1 saturated carbocycles. The molecule has 1 aliphatic heterocycles. The summed E-state index contributed by atoms with van der Waals surface area (Å²) in [6.45, 7) is 2.97. The first kappa shape index (κ1) is 14.6. The molecule has 1 saturated heterocycles. The summed E-state index contributed by atoms with van der Waals surface area (Å²) in [6.07, 6.45) is 8.23. The van der Waals surface area contributed by atoms with Crippen LogP contribution in [0.5, 0.6) is 0 Å². The number of anilines is 2. The SMILES string of the molecule is CC1CCCCCN1C(=O)c1sc(NC2CCC2)nc1N. The van der Waals surface area contributed by atoms with Crippen LogP contribution in [0, 0.1) is 0 Å². The van der Waals surface area contributed by atoms with Crippen LogP contribution in [-0.4, -0.2) is 34.4 Å². The minimum Gasteiger partial charge on any atom is -0.382 e. The van der Waals surface area contributed by atoms with Gasteiger partial charge in [-0.2, -0.15) is 0 Å². The molecule has 5 nitrogen and oxygen atoms in total. The molecular formula is C15H24N4OS. The second kappa shape index (κ2) is 6.22. The quantitative estimate of drug-likeness (QED) is 0.900. The maximum Gasteiger partial charge on any atom is 0.268 e. The summed E-state index contributed by atoms with van der Waals surface area (Å²) in [7, 11) is 0. The van der Waals surface area contributed by atoms with Gasteiger partial charge in [-0.05, 0) is 39.0 Å². The van der Waals surface area contributed by atoms with Crippen LogP contribution in [0.2, 0.25) is 0 Å². The number of amides is 1. The Morgan fingerprint density at radius 2 is 2.10 bits per heavy atom. The van der Waals surface area contributed by atoms with Gasteiger partial charge in [0.05, 0.1) is 0 Å². The fourth-order valence-corrected chi connectivity index (χ4v) is 3.90. The van der Waals surface area contributed by atoms with Crippen molar-refractivity contribution in [1.29, 1.82) is 0 Å². The van der Waals surface area contributed by atoms with Gasteiger partial charge in [0.1, 0.15) is 10.7 Å². The van der Waals surface area contributed by atoms with Gasteiger partial charge in [0.25, 0.3) is 5.91 Å². The lowest BCUT2D eigenvalue weighted by Crippen LogP contribution is -2.38. The molecule has 116 valence electrons. The highest BCUT2D eigenvalue weighted by molar-refractivity contribution is 7.18. The number of nitrogens with two attached hydrogens (primary N) is 1. The molecule has 3 N–H and O–H groups in total. The van der Waals surface area contributed by atoms with E-state index in [-0.39, 0.29) is 5.91 Å². The average Bonchev–Trinajstić information content (AvgIpc) is 2.64. The van der Waals surface area contributed by atoms with Crippen LogP contribution in [0.4, 0.5) is 10.9 Å². The largest absolute Gasteiger partial charge is 0.382 e. The summed E-state index contributed by atoms with van der Waals surface area (Å²) in [6, 6.07) is 0.806. The van der Waals surface area contributed by atoms with E-state index in [1.165, 1.54) is 43.4 Å². The van der Waals surface area contributed by atoms with Gasteiger partial charge in [-0.1, -0.05) is 24.2 Å². The van der Waals surface area contributed by atoms with Crippen molar-refractivity contribution in [3.63, 3.8) is 0 Å². The molecule has 0 spiro atoms. The number of carbonyl (C=O) groups excluding carboxylic acids is 1. The maximum absolute atomic E-state index is 12.8. The highest BCUT2D eigenvalue weighted by atomic mass is 32.1. The van der Waals surface area contributed by atoms with Crippen molar-refractivity contribution in [2.45, 2.75) is 64.0 Å². The van der Waals surface area contributed by atoms with Gasteiger partial charge in [-0.3, -0.25) is 4.79 Å². The first-order valence-corrected chi connectivity index (χ1v) is 8.80. The van der Waals surface area contributed by atoms with Crippen molar-refractivity contribution in [3.05, 3.63) is 4.88 Å². The zero-order chi connectivity index (χ0) is 14.8. The van der Waals surface area contributed by atoms with E-state index in [0.29, 0.717) is 22.8 Å². The van der Waals surface area contributed by atoms with E-state index >= 15 is 0 Å². The van der Waals surface area contributed by atoms with Crippen LogP contribution in [0.3, 0.4) is 0 Å². The van der Waals surface area contributed by atoms with Gasteiger partial charge in [0.2, 0.25) is 0 Å². The molecule has 2 fully saturated rings. The minimum absolute atomic E-state index is 0.0565. The topological polar surface area (TPSA) is 71.2 Å². The standard InChI is InChI=1S/C15H24N4OS/c1-10-6-3-2-4-9-19(10)14(20)12-13(16)18-15(21-12)17-11-7-5-8-11/h10-11H,2-9,16H2,1H3,(H,17,18). The molecule has 0 radical (unpaired) electrons. The van der Waals surface area contributed by atoms with E-state index in [1.54, 1.807) is 0 Å². The molecule has 1 aliphatic carbocycles. The molecule has 6 heteroatoms. The predicted octanol–water partition coefficient (Wildman–Crippen LogP) is 3.09. The summed E-state index contributed by atoms with van der Waals surface area (Å²) in [5.41, 5.74) is 5.98. The van der Waals surface area contributed by atoms with Gasteiger partial charge in [-0.15, -0.1) is 0 Å². The Balaban J connectivity index is 1.73. The molecule has 0 aromatic carbocycles. The Morgan fingerprint density at radius 3 is 2.81 bits per heavy atom. The molecule has 3 rings (SSSR count). The number of carbonyl (C=O) groups is 1. The van der Waals surface area contributed by atoms with E-state index in [2.05, 4.69) is 17.2 Å². The smallest absolute Gasteiger partial charge is 0.268 e. The number of hydrogen-bond acceptors (Lipinski definition) is 5. The number of nitrogens with one attached hydrogen (secondary N) is 1. The second-order valence-corrected chi connectivity index (χ2v) is 7.20. The Morgan fingerprint density at radius 1 is 1.29 bits per heavy atom. The third-order valence-corrected chi connectivity index (χ3v) is 5.58. The van der Waals surface area contributed by atoms with Gasteiger partial charge in [-0.25, -0.2) is 4.98 Å². The fraction of sp³-hybridized carbons (Fsp3) is 0.733. The lowest BCUT2D eigenvalue weighted by molar-refractivity contribution is 0.0703. The number of hydrogen-bond donors (Lipinski definition) is 2. The van der Waals surface area contributed by atoms with Crippen LogP contribution in [0.15, 0.2) is 0 Å². The van der Waals surface area contributed by atoms with Gasteiger partial charge in [0.15, 0.2) is 5.13 Å². The monoisotopic (exact) mass is 308 g/mol. The fourth-order valence-electron chi connectivity index (χ4n) is 2.98. The summed E-state index contributed by atoms with van der Waals surface area (Å²) < 4.78 is 0. The van der Waals surface area contributed by atoms with E-state index in [9.17, 15) is 4.79 Å². The lowest BCUT2D eigenvalue weighted by atomic mass is 9.93. The first-order valence-electron chi connectivity index (χ1n) is 7.99. The highest BCUT2D eigenvalue weighted by Crippen LogP contribution is 2.31. The van der Waals surface area contributed by atoms with Crippen LogP contribution < -0.4 is 11.1 Å². The summed E-state index contributed by atoms with van der Waals surface area (Å²) >= 11 is 1.41. The van der Waals surface area contributed by atoms with Crippen LogP contribution in [0.1, 0.15) is 61.5 Å². The molecule has 2 heterocycles. The Bertz CT molecular complexity index is 512. The number of thiazole rings is 1. The molecule has 0 bridgehead atoms. The molecule has 2 aliphatic rings. The number of likely N-dealkylation sites (tertiary alicyclic amines) is 1. The summed E-state index contributed by atoms with van der Waals surface area (Å²) in [5.74, 6) is 0.435. The highest BCUT2D eigenvalue weighted by Gasteiger charge is 2.27. The summed E-state index contributed by atoms with van der Waals surface area (Å²) in [5, 5.41) is 4.17. The summed E-state index contributed by atoms with van der Waals surface area (Å²) in [4.78, 5) is 19.7. The van der Waals surface area contributed by atoms with E-state index in [4.69, 9.17) is 5.73 Å². The molecule has 1 atom stereocenters. The zero-order valence-electron chi connectivity index (χ0n) is 12.6. The normalized spacial score (nSPS) is 23.5. The van der Waals surface area contributed by atoms with Gasteiger partial charge < -0.3 is 16.0 Å².